The third-order valence-electron chi connectivity index (χ3n) is 3.69. The predicted molar refractivity (Wildman–Crippen MR) is 95.0 cm³/mol. The van der Waals surface area contributed by atoms with Gasteiger partial charge in [-0.1, -0.05) is 30.3 Å². The largest absolute Gasteiger partial charge is 0.354 e. The van der Waals surface area contributed by atoms with Gasteiger partial charge >= 0.3 is 0 Å². The van der Waals surface area contributed by atoms with Gasteiger partial charge in [0.1, 0.15) is 5.82 Å². The van der Waals surface area contributed by atoms with Crippen molar-refractivity contribution in [3.8, 4) is 0 Å². The summed E-state index contributed by atoms with van der Waals surface area (Å²) in [6.07, 6.45) is 0.790. The first-order valence-electron chi connectivity index (χ1n) is 8.07. The fourth-order valence-corrected chi connectivity index (χ4v) is 2.44. The van der Waals surface area contributed by atoms with E-state index in [1.54, 1.807) is 13.0 Å². The number of anilines is 3. The molecule has 26 heavy (non-hydrogen) atoms. The van der Waals surface area contributed by atoms with Gasteiger partial charge in [0.15, 0.2) is 17.5 Å². The van der Waals surface area contributed by atoms with E-state index in [0.29, 0.717) is 18.2 Å². The molecule has 0 saturated heterocycles. The van der Waals surface area contributed by atoms with Gasteiger partial charge in [0.25, 0.3) is 0 Å². The van der Waals surface area contributed by atoms with Crippen LogP contribution in [0.5, 0.6) is 0 Å². The van der Waals surface area contributed by atoms with Gasteiger partial charge < -0.3 is 10.6 Å². The van der Waals surface area contributed by atoms with Crippen molar-refractivity contribution < 1.29 is 13.2 Å². The second kappa shape index (κ2) is 7.86. The third-order valence-corrected chi connectivity index (χ3v) is 3.69. The van der Waals surface area contributed by atoms with Crippen molar-refractivity contribution in [2.75, 3.05) is 17.2 Å². The highest BCUT2D eigenvalue weighted by Gasteiger charge is 2.14. The van der Waals surface area contributed by atoms with Crippen LogP contribution in [0.3, 0.4) is 0 Å². The molecule has 0 aliphatic carbocycles. The summed E-state index contributed by atoms with van der Waals surface area (Å²) >= 11 is 0. The molecule has 3 rings (SSSR count). The lowest BCUT2D eigenvalue weighted by Gasteiger charge is -2.11. The predicted octanol–water partition coefficient (Wildman–Crippen LogP) is 4.60. The molecular weight excluding hydrogens is 341 g/mol. The number of halogens is 3. The number of hydrogen-bond donors (Lipinski definition) is 2. The average molecular weight is 358 g/mol. The molecule has 7 heteroatoms. The lowest BCUT2D eigenvalue weighted by Crippen LogP contribution is -2.10. The van der Waals surface area contributed by atoms with Gasteiger partial charge in [-0.15, -0.1) is 0 Å². The number of nitrogens with one attached hydrogen (secondary N) is 2. The van der Waals surface area contributed by atoms with Crippen molar-refractivity contribution in [1.29, 1.82) is 0 Å². The summed E-state index contributed by atoms with van der Waals surface area (Å²) in [5.41, 5.74) is 1.62. The molecule has 0 amide bonds. The molecule has 1 aromatic heterocycles. The Balaban J connectivity index is 1.70. The number of hydrogen-bond acceptors (Lipinski definition) is 4. The second-order valence-corrected chi connectivity index (χ2v) is 5.73. The smallest absolute Gasteiger partial charge is 0.224 e. The van der Waals surface area contributed by atoms with E-state index in [2.05, 4.69) is 20.6 Å². The summed E-state index contributed by atoms with van der Waals surface area (Å²) in [6.45, 7) is 2.38. The molecule has 2 aromatic carbocycles. The molecule has 0 radical (unpaired) electrons. The van der Waals surface area contributed by atoms with Crippen LogP contribution >= 0.6 is 0 Å². The number of aromatic nitrogens is 2. The summed E-state index contributed by atoms with van der Waals surface area (Å²) < 4.78 is 40.2. The van der Waals surface area contributed by atoms with Crippen LogP contribution in [-0.2, 0) is 6.42 Å². The van der Waals surface area contributed by atoms with Gasteiger partial charge in [-0.05, 0) is 31.0 Å². The zero-order chi connectivity index (χ0) is 18.5. The Kier molecular flexibility index (Phi) is 5.36. The molecule has 0 atom stereocenters. The molecule has 1 heterocycles. The van der Waals surface area contributed by atoms with Crippen LogP contribution in [0, 0.1) is 24.4 Å². The monoisotopic (exact) mass is 358 g/mol. The van der Waals surface area contributed by atoms with Gasteiger partial charge in [0.05, 0.1) is 5.69 Å². The minimum atomic E-state index is -1.53. The van der Waals surface area contributed by atoms with Crippen molar-refractivity contribution in [1.82, 2.24) is 9.97 Å². The normalized spacial score (nSPS) is 10.6. The highest BCUT2D eigenvalue weighted by molar-refractivity contribution is 5.58. The highest BCUT2D eigenvalue weighted by atomic mass is 19.2. The zero-order valence-electron chi connectivity index (χ0n) is 14.1. The van der Waals surface area contributed by atoms with Gasteiger partial charge in [-0.3, -0.25) is 0 Å². The standard InChI is InChI=1S/C19H17F3N4/c1-12-11-16(25-15-8-7-14(20)17(21)18(15)22)26-19(24-12)23-10-9-13-5-3-2-4-6-13/h2-8,11H,9-10H2,1H3,(H2,23,24,25,26). The van der Waals surface area contributed by atoms with Gasteiger partial charge in [0, 0.05) is 18.3 Å². The molecule has 0 bridgehead atoms. The maximum atomic E-state index is 13.8. The number of nitrogens with zero attached hydrogens (tertiary/aromatic N) is 2. The van der Waals surface area contributed by atoms with Crippen LogP contribution in [0.1, 0.15) is 11.3 Å². The quantitative estimate of drug-likeness (QED) is 0.632. The van der Waals surface area contributed by atoms with Crippen LogP contribution in [-0.4, -0.2) is 16.5 Å². The van der Waals surface area contributed by atoms with Crippen LogP contribution < -0.4 is 10.6 Å². The summed E-state index contributed by atoms with van der Waals surface area (Å²) in [4.78, 5) is 8.51. The summed E-state index contributed by atoms with van der Waals surface area (Å²) in [5, 5.41) is 5.76. The van der Waals surface area contributed by atoms with E-state index in [4.69, 9.17) is 0 Å². The Hall–Kier alpha value is -3.09. The lowest BCUT2D eigenvalue weighted by molar-refractivity contribution is 0.449. The van der Waals surface area contributed by atoms with Crippen molar-refractivity contribution >= 4 is 17.5 Å². The first-order valence-corrected chi connectivity index (χ1v) is 8.07. The Bertz CT molecular complexity index is 901. The lowest BCUT2D eigenvalue weighted by atomic mass is 10.1. The van der Waals surface area contributed by atoms with Crippen molar-refractivity contribution in [3.63, 3.8) is 0 Å². The molecule has 0 unspecified atom stereocenters. The fraction of sp³-hybridized carbons (Fsp3) is 0.158. The van der Waals surface area contributed by atoms with E-state index in [1.807, 2.05) is 30.3 Å². The number of rotatable bonds is 6. The van der Waals surface area contributed by atoms with Crippen molar-refractivity contribution in [3.05, 3.63) is 77.2 Å². The van der Waals surface area contributed by atoms with E-state index in [-0.39, 0.29) is 11.5 Å². The van der Waals surface area contributed by atoms with E-state index in [1.165, 1.54) is 5.56 Å². The summed E-state index contributed by atoms with van der Waals surface area (Å²) in [7, 11) is 0. The van der Waals surface area contributed by atoms with E-state index in [0.717, 1.165) is 18.6 Å². The van der Waals surface area contributed by atoms with Crippen LogP contribution in [0.4, 0.5) is 30.6 Å². The molecule has 0 aliphatic rings. The van der Waals surface area contributed by atoms with Crippen molar-refractivity contribution in [2.24, 2.45) is 0 Å². The molecule has 3 aromatic rings. The molecule has 0 fully saturated rings. The summed E-state index contributed by atoms with van der Waals surface area (Å²) in [6, 6.07) is 13.5. The molecule has 2 N–H and O–H groups in total. The van der Waals surface area contributed by atoms with Crippen LogP contribution in [0.15, 0.2) is 48.5 Å². The molecule has 0 saturated carbocycles. The average Bonchev–Trinajstić information content (AvgIpc) is 2.63. The molecule has 0 aliphatic heterocycles. The Morgan fingerprint density at radius 3 is 2.46 bits per heavy atom. The topological polar surface area (TPSA) is 49.8 Å². The van der Waals surface area contributed by atoms with Crippen molar-refractivity contribution in [2.45, 2.75) is 13.3 Å². The molecular formula is C19H17F3N4. The third kappa shape index (κ3) is 4.30. The van der Waals surface area contributed by atoms with Gasteiger partial charge in [-0.2, -0.15) is 4.98 Å². The van der Waals surface area contributed by atoms with Crippen LogP contribution in [0.25, 0.3) is 0 Å². The van der Waals surface area contributed by atoms with Gasteiger partial charge in [0.2, 0.25) is 5.95 Å². The van der Waals surface area contributed by atoms with Crippen LogP contribution in [0.2, 0.25) is 0 Å². The zero-order valence-corrected chi connectivity index (χ0v) is 14.1. The SMILES string of the molecule is Cc1cc(Nc2ccc(F)c(F)c2F)nc(NCCc2ccccc2)n1. The summed E-state index contributed by atoms with van der Waals surface area (Å²) in [5.74, 6) is -3.41. The van der Waals surface area contributed by atoms with E-state index < -0.39 is 17.5 Å². The first kappa shape index (κ1) is 17.7. The minimum Gasteiger partial charge on any atom is -0.354 e. The van der Waals surface area contributed by atoms with E-state index in [9.17, 15) is 13.2 Å². The minimum absolute atomic E-state index is 0.197. The van der Waals surface area contributed by atoms with Gasteiger partial charge in [-0.25, -0.2) is 18.2 Å². The Labute approximate surface area is 149 Å². The molecule has 134 valence electrons. The Morgan fingerprint density at radius 2 is 1.69 bits per heavy atom. The second-order valence-electron chi connectivity index (χ2n) is 5.73. The van der Waals surface area contributed by atoms with E-state index >= 15 is 0 Å². The maximum Gasteiger partial charge on any atom is 0.224 e. The molecule has 4 nitrogen and oxygen atoms in total. The first-order chi connectivity index (χ1) is 12.5. The number of aryl methyl sites for hydroxylation is 1. The fourth-order valence-electron chi connectivity index (χ4n) is 2.44. The highest BCUT2D eigenvalue weighted by Crippen LogP contribution is 2.23. The Morgan fingerprint density at radius 1 is 0.923 bits per heavy atom. The number of benzene rings is 2. The maximum absolute atomic E-state index is 13.8. The molecule has 0 spiro atoms.